The molecule has 0 radical (unpaired) electrons. The first kappa shape index (κ1) is 20.8. The first-order valence-electron chi connectivity index (χ1n) is 10.0. The van der Waals surface area contributed by atoms with Crippen molar-refractivity contribution < 1.29 is 9.53 Å². The van der Waals surface area contributed by atoms with E-state index in [1.54, 1.807) is 6.20 Å². The molecule has 2 fully saturated rings. The van der Waals surface area contributed by atoms with E-state index in [4.69, 9.17) is 10.6 Å². The number of carbonyl (C=O) groups excluding carboxylic acids is 1. The van der Waals surface area contributed by atoms with Crippen LogP contribution in [0.15, 0.2) is 30.5 Å². The van der Waals surface area contributed by atoms with Gasteiger partial charge in [-0.05, 0) is 62.6 Å². The Morgan fingerprint density at radius 1 is 1.29 bits per heavy atom. The number of benzene rings is 1. The van der Waals surface area contributed by atoms with Crippen molar-refractivity contribution in [2.75, 3.05) is 6.61 Å². The molecule has 1 aromatic heterocycles. The third-order valence-electron chi connectivity index (χ3n) is 5.76. The van der Waals surface area contributed by atoms with E-state index < -0.39 is 0 Å². The van der Waals surface area contributed by atoms with E-state index in [-0.39, 0.29) is 18.4 Å². The molecule has 0 saturated heterocycles. The average molecular weight is 405 g/mol. The Balaban J connectivity index is 0.00000225. The summed E-state index contributed by atoms with van der Waals surface area (Å²) in [5, 5.41) is 4.55. The molecule has 152 valence electrons. The van der Waals surface area contributed by atoms with Crippen LogP contribution < -0.4 is 11.3 Å². The summed E-state index contributed by atoms with van der Waals surface area (Å²) < 4.78 is 7.17. The predicted octanol–water partition coefficient (Wildman–Crippen LogP) is 3.84. The molecule has 2 aliphatic carbocycles. The first-order valence-corrected chi connectivity index (χ1v) is 10.0. The number of nitrogens with zero attached hydrogens (tertiary/aromatic N) is 2. The second-order valence-corrected chi connectivity index (χ2v) is 7.67. The van der Waals surface area contributed by atoms with Crippen molar-refractivity contribution in [3.63, 3.8) is 0 Å². The van der Waals surface area contributed by atoms with Crippen LogP contribution in [0.25, 0.3) is 5.69 Å². The maximum Gasteiger partial charge on any atom is 0.341 e. The molecule has 0 unspecified atom stereocenters. The van der Waals surface area contributed by atoms with E-state index in [0.717, 1.165) is 37.1 Å². The third-order valence-corrected chi connectivity index (χ3v) is 5.76. The normalized spacial score (nSPS) is 21.8. The molecular formula is C21H29ClN4O2. The molecule has 3 N–H and O–H groups in total. The monoisotopic (exact) mass is 404 g/mol. The van der Waals surface area contributed by atoms with E-state index in [0.29, 0.717) is 30.0 Å². The van der Waals surface area contributed by atoms with Gasteiger partial charge in [-0.15, -0.1) is 12.4 Å². The number of aromatic nitrogens is 2. The maximum absolute atomic E-state index is 12.3. The Morgan fingerprint density at radius 2 is 2.11 bits per heavy atom. The second-order valence-electron chi connectivity index (χ2n) is 7.67. The lowest BCUT2D eigenvalue weighted by molar-refractivity contribution is 0.0525. The summed E-state index contributed by atoms with van der Waals surface area (Å²) in [6.45, 7) is 2.21. The molecule has 2 saturated carbocycles. The summed E-state index contributed by atoms with van der Waals surface area (Å²) in [6, 6.07) is 8.96. The summed E-state index contributed by atoms with van der Waals surface area (Å²) >= 11 is 0. The molecule has 7 heteroatoms. The van der Waals surface area contributed by atoms with Crippen LogP contribution in [0.1, 0.15) is 78.9 Å². The van der Waals surface area contributed by atoms with Gasteiger partial charge in [-0.3, -0.25) is 11.3 Å². The van der Waals surface area contributed by atoms with Crippen LogP contribution in [0.5, 0.6) is 0 Å². The number of esters is 1. The smallest absolute Gasteiger partial charge is 0.341 e. The number of ether oxygens (including phenoxy) is 1. The Kier molecular flexibility index (Phi) is 6.75. The van der Waals surface area contributed by atoms with Gasteiger partial charge < -0.3 is 4.74 Å². The minimum atomic E-state index is -0.272. The van der Waals surface area contributed by atoms with E-state index in [9.17, 15) is 4.79 Å². The van der Waals surface area contributed by atoms with Gasteiger partial charge in [-0.25, -0.2) is 9.48 Å². The van der Waals surface area contributed by atoms with Gasteiger partial charge in [-0.1, -0.05) is 18.6 Å². The molecule has 0 bridgehead atoms. The lowest BCUT2D eigenvalue weighted by Crippen LogP contribution is -2.38. The van der Waals surface area contributed by atoms with Crippen LogP contribution in [-0.4, -0.2) is 28.4 Å². The fourth-order valence-corrected chi connectivity index (χ4v) is 4.23. The Hall–Kier alpha value is -1.89. The van der Waals surface area contributed by atoms with Crippen molar-refractivity contribution >= 4 is 18.4 Å². The van der Waals surface area contributed by atoms with E-state index >= 15 is 0 Å². The van der Waals surface area contributed by atoms with Crippen molar-refractivity contribution in [1.29, 1.82) is 0 Å². The Morgan fingerprint density at radius 3 is 2.82 bits per heavy atom. The highest BCUT2D eigenvalue weighted by molar-refractivity contribution is 5.91. The van der Waals surface area contributed by atoms with Crippen molar-refractivity contribution in [1.82, 2.24) is 15.2 Å². The van der Waals surface area contributed by atoms with Crippen LogP contribution in [0, 0.1) is 0 Å². The van der Waals surface area contributed by atoms with Gasteiger partial charge in [0, 0.05) is 12.0 Å². The van der Waals surface area contributed by atoms with Crippen molar-refractivity contribution in [3.05, 3.63) is 47.3 Å². The summed E-state index contributed by atoms with van der Waals surface area (Å²) in [5.41, 5.74) is 6.89. The average Bonchev–Trinajstić information content (AvgIpc) is 3.46. The number of carbonyl (C=O) groups is 1. The third kappa shape index (κ3) is 4.24. The van der Waals surface area contributed by atoms with Crippen LogP contribution in [-0.2, 0) is 4.74 Å². The molecule has 2 aromatic rings. The molecule has 0 spiro atoms. The Bertz CT molecular complexity index is 818. The van der Waals surface area contributed by atoms with Crippen LogP contribution >= 0.6 is 12.4 Å². The first-order chi connectivity index (χ1) is 13.2. The highest BCUT2D eigenvalue weighted by Gasteiger charge is 2.33. The van der Waals surface area contributed by atoms with Gasteiger partial charge in [0.05, 0.1) is 24.2 Å². The summed E-state index contributed by atoms with van der Waals surface area (Å²) in [6.07, 6.45) is 8.43. The number of halogens is 1. The van der Waals surface area contributed by atoms with Crippen LogP contribution in [0.3, 0.4) is 0 Å². The zero-order chi connectivity index (χ0) is 18.8. The lowest BCUT2D eigenvalue weighted by Gasteiger charge is -2.29. The molecule has 6 nitrogen and oxygen atoms in total. The number of rotatable bonds is 6. The number of hydrogen-bond acceptors (Lipinski definition) is 5. The molecule has 0 aliphatic heterocycles. The molecule has 1 heterocycles. The number of nitrogens with one attached hydrogen (secondary N) is 1. The minimum Gasteiger partial charge on any atom is -0.462 e. The van der Waals surface area contributed by atoms with Crippen molar-refractivity contribution in [2.24, 2.45) is 5.84 Å². The van der Waals surface area contributed by atoms with Gasteiger partial charge in [-0.2, -0.15) is 5.10 Å². The highest BCUT2D eigenvalue weighted by Crippen LogP contribution is 2.43. The lowest BCUT2D eigenvalue weighted by atomic mass is 9.81. The van der Waals surface area contributed by atoms with Gasteiger partial charge >= 0.3 is 5.97 Å². The van der Waals surface area contributed by atoms with E-state index in [1.165, 1.54) is 18.4 Å². The standard InChI is InChI=1S/C21H28N4O2.ClH/c1-2-27-21(26)19-13-23-25(20(19)14-9-10-14)18-8-4-6-16(12-18)15-5-3-7-17(11-15)24-22;/h4,6,8,12-15,17,24H,2-3,5,7,9-11,22H2,1H3;1H/t15-,17-;/m0./s1. The molecule has 1 aromatic carbocycles. The zero-order valence-corrected chi connectivity index (χ0v) is 17.1. The van der Waals surface area contributed by atoms with Gasteiger partial charge in [0.2, 0.25) is 0 Å². The summed E-state index contributed by atoms with van der Waals surface area (Å²) in [7, 11) is 0. The van der Waals surface area contributed by atoms with Crippen molar-refractivity contribution in [3.8, 4) is 5.69 Å². The number of hydrazine groups is 1. The van der Waals surface area contributed by atoms with Gasteiger partial charge in [0.25, 0.3) is 0 Å². The molecule has 28 heavy (non-hydrogen) atoms. The van der Waals surface area contributed by atoms with Gasteiger partial charge in [0.15, 0.2) is 0 Å². The van der Waals surface area contributed by atoms with Gasteiger partial charge in [0.1, 0.15) is 5.56 Å². The topological polar surface area (TPSA) is 82.2 Å². The second kappa shape index (κ2) is 9.07. The quantitative estimate of drug-likeness (QED) is 0.434. The minimum absolute atomic E-state index is 0. The SMILES string of the molecule is CCOC(=O)c1cnn(-c2cccc([C@H]3CCC[C@H](NN)C3)c2)c1C1CC1.Cl. The zero-order valence-electron chi connectivity index (χ0n) is 16.3. The molecule has 2 atom stereocenters. The van der Waals surface area contributed by atoms with E-state index in [2.05, 4.69) is 34.8 Å². The Labute approximate surface area is 172 Å². The summed E-state index contributed by atoms with van der Waals surface area (Å²) in [4.78, 5) is 12.3. The van der Waals surface area contributed by atoms with E-state index in [1.807, 2.05) is 11.6 Å². The highest BCUT2D eigenvalue weighted by atomic mass is 35.5. The largest absolute Gasteiger partial charge is 0.462 e. The number of hydrogen-bond donors (Lipinski definition) is 2. The maximum atomic E-state index is 12.3. The molecule has 2 aliphatic rings. The number of nitrogens with two attached hydrogens (primary N) is 1. The molecule has 0 amide bonds. The summed E-state index contributed by atoms with van der Waals surface area (Å²) in [5.74, 6) is 6.30. The van der Waals surface area contributed by atoms with Crippen molar-refractivity contribution in [2.45, 2.75) is 63.3 Å². The fourth-order valence-electron chi connectivity index (χ4n) is 4.23. The fraction of sp³-hybridized carbons (Fsp3) is 0.524. The predicted molar refractivity (Wildman–Crippen MR) is 111 cm³/mol. The molecular weight excluding hydrogens is 376 g/mol. The molecule has 4 rings (SSSR count). The van der Waals surface area contributed by atoms with Crippen LogP contribution in [0.4, 0.5) is 0 Å². The van der Waals surface area contributed by atoms with Crippen LogP contribution in [0.2, 0.25) is 0 Å².